The molecule has 17 heavy (non-hydrogen) atoms. The Morgan fingerprint density at radius 3 is 2.53 bits per heavy atom. The Bertz CT molecular complexity index is 415. The van der Waals surface area contributed by atoms with Crippen LogP contribution in [0.3, 0.4) is 0 Å². The average molecular weight is 251 g/mol. The molecule has 0 aliphatic carbocycles. The normalized spacial score (nSPS) is 22.6. The lowest BCUT2D eigenvalue weighted by molar-refractivity contribution is 0.331. The molecule has 2 nitrogen and oxygen atoms in total. The van der Waals surface area contributed by atoms with Crippen LogP contribution in [0.15, 0.2) is 36.4 Å². The van der Waals surface area contributed by atoms with Crippen LogP contribution in [0.2, 0.25) is 0 Å². The van der Waals surface area contributed by atoms with Crippen molar-refractivity contribution in [2.24, 2.45) is 0 Å². The monoisotopic (exact) mass is 251 g/mol. The zero-order valence-electron chi connectivity index (χ0n) is 10.4. The molecule has 1 heterocycles. The molecule has 0 spiro atoms. The van der Waals surface area contributed by atoms with Crippen molar-refractivity contribution >= 4 is 16.0 Å². The van der Waals surface area contributed by atoms with Crippen LogP contribution < -0.4 is 0 Å². The van der Waals surface area contributed by atoms with E-state index >= 15 is 0 Å². The van der Waals surface area contributed by atoms with Crippen molar-refractivity contribution in [2.75, 3.05) is 37.4 Å². The summed E-state index contributed by atoms with van der Waals surface area (Å²) in [5.74, 6) is 1.76. The summed E-state index contributed by atoms with van der Waals surface area (Å²) in [6, 6.07) is 10.3. The van der Waals surface area contributed by atoms with Gasteiger partial charge in [0.1, 0.15) is 0 Å². The van der Waals surface area contributed by atoms with Crippen LogP contribution in [-0.4, -0.2) is 46.5 Å². The van der Waals surface area contributed by atoms with E-state index in [9.17, 15) is 4.21 Å². The minimum Gasteiger partial charge on any atom is -0.298 e. The average Bonchev–Trinajstić information content (AvgIpc) is 2.33. The highest BCUT2D eigenvalue weighted by Gasteiger charge is 2.18. The Labute approximate surface area is 105 Å². The highest BCUT2D eigenvalue weighted by Crippen LogP contribution is 2.09. The smallest absolute Gasteiger partial charge is 0.0167 e. The fourth-order valence-electron chi connectivity index (χ4n) is 2.01. The highest BCUT2D eigenvalue weighted by atomic mass is 32.2. The van der Waals surface area contributed by atoms with E-state index in [1.165, 1.54) is 5.56 Å². The summed E-state index contributed by atoms with van der Waals surface area (Å²) < 4.78 is 11.8. The molecule has 1 saturated heterocycles. The predicted molar refractivity (Wildman–Crippen MR) is 77.1 cm³/mol. The minimum absolute atomic E-state index is 0.881. The molecule has 0 N–H and O–H groups in total. The zero-order chi connectivity index (χ0) is 12.1. The first kappa shape index (κ1) is 12.5. The second-order valence-corrected chi connectivity index (χ2v) is 8.35. The van der Waals surface area contributed by atoms with Gasteiger partial charge in [-0.05, 0) is 11.8 Å². The number of hydrogen-bond donors (Lipinski definition) is 1. The molecule has 0 atom stereocenters. The molecule has 0 unspecified atom stereocenters. The first-order valence-corrected chi connectivity index (χ1v) is 8.68. The molecular formula is C14H21NOS. The van der Waals surface area contributed by atoms with Gasteiger partial charge in [-0.1, -0.05) is 42.5 Å². The van der Waals surface area contributed by atoms with E-state index < -0.39 is 9.93 Å². The molecule has 0 saturated carbocycles. The van der Waals surface area contributed by atoms with E-state index in [4.69, 9.17) is 0 Å². The van der Waals surface area contributed by atoms with E-state index in [1.54, 1.807) is 0 Å². The van der Waals surface area contributed by atoms with E-state index in [0.29, 0.717) is 0 Å². The van der Waals surface area contributed by atoms with Gasteiger partial charge in [0.15, 0.2) is 0 Å². The fourth-order valence-corrected chi connectivity index (χ4v) is 3.65. The van der Waals surface area contributed by atoms with Crippen LogP contribution in [0.25, 0.3) is 6.08 Å². The fraction of sp³-hybridized carbons (Fsp3) is 0.429. The van der Waals surface area contributed by atoms with Gasteiger partial charge in [0.2, 0.25) is 0 Å². The maximum Gasteiger partial charge on any atom is 0.0167 e. The van der Waals surface area contributed by atoms with E-state index in [1.807, 2.05) is 24.5 Å². The van der Waals surface area contributed by atoms with Crippen LogP contribution >= 0.6 is 0 Å². The highest BCUT2D eigenvalue weighted by molar-refractivity contribution is 8.02. The third-order valence-corrected chi connectivity index (χ3v) is 5.54. The van der Waals surface area contributed by atoms with Gasteiger partial charge in [-0.15, -0.1) is 9.93 Å². The quantitative estimate of drug-likeness (QED) is 0.825. The van der Waals surface area contributed by atoms with E-state index in [0.717, 1.165) is 31.1 Å². The molecule has 2 rings (SSSR count). The van der Waals surface area contributed by atoms with Gasteiger partial charge in [-0.3, -0.25) is 9.11 Å². The molecule has 1 aliphatic rings. The van der Waals surface area contributed by atoms with Crippen molar-refractivity contribution in [1.82, 2.24) is 4.90 Å². The van der Waals surface area contributed by atoms with Gasteiger partial charge in [0, 0.05) is 31.1 Å². The van der Waals surface area contributed by atoms with Crippen molar-refractivity contribution in [3.05, 3.63) is 42.0 Å². The summed E-state index contributed by atoms with van der Waals surface area (Å²) in [5, 5.41) is 0. The van der Waals surface area contributed by atoms with Gasteiger partial charge in [-0.2, -0.15) is 0 Å². The Kier molecular flexibility index (Phi) is 4.13. The van der Waals surface area contributed by atoms with Gasteiger partial charge >= 0.3 is 0 Å². The van der Waals surface area contributed by atoms with Crippen LogP contribution in [0.4, 0.5) is 0 Å². The Balaban J connectivity index is 1.80. The lowest BCUT2D eigenvalue weighted by atomic mass is 10.2. The molecule has 1 aliphatic heterocycles. The largest absolute Gasteiger partial charge is 0.298 e. The molecule has 0 amide bonds. The third-order valence-electron chi connectivity index (χ3n) is 3.25. The number of benzene rings is 1. The second-order valence-electron chi connectivity index (χ2n) is 4.86. The summed E-state index contributed by atoms with van der Waals surface area (Å²) >= 11 is 0. The number of hydrogen-bond acceptors (Lipinski definition) is 2. The van der Waals surface area contributed by atoms with Gasteiger partial charge in [0.25, 0.3) is 0 Å². The molecular weight excluding hydrogens is 230 g/mol. The lowest BCUT2D eigenvalue weighted by Gasteiger charge is -2.32. The maximum atomic E-state index is 11.8. The van der Waals surface area contributed by atoms with Crippen molar-refractivity contribution in [1.29, 1.82) is 0 Å². The van der Waals surface area contributed by atoms with Gasteiger partial charge < -0.3 is 0 Å². The lowest BCUT2D eigenvalue weighted by Crippen LogP contribution is -2.43. The van der Waals surface area contributed by atoms with Crippen LogP contribution in [0, 0.1) is 0 Å². The Morgan fingerprint density at radius 2 is 1.88 bits per heavy atom. The van der Waals surface area contributed by atoms with Crippen LogP contribution in [0.5, 0.6) is 0 Å². The molecule has 0 bridgehead atoms. The third kappa shape index (κ3) is 4.10. The van der Waals surface area contributed by atoms with Crippen LogP contribution in [0.1, 0.15) is 5.56 Å². The van der Waals surface area contributed by atoms with Crippen LogP contribution in [-0.2, 0) is 9.93 Å². The Hall–Kier alpha value is -0.930. The topological polar surface area (TPSA) is 20.3 Å². The summed E-state index contributed by atoms with van der Waals surface area (Å²) in [5.41, 5.74) is 1.24. The standard InChI is InChI=1S/C14H21NOS/c1-17(16)12-10-15(11-13-17)9-5-8-14-6-3-2-4-7-14/h2-8,17H,9-13H2,1H3/b8-5+. The van der Waals surface area contributed by atoms with Crippen molar-refractivity contribution < 1.29 is 4.21 Å². The minimum atomic E-state index is -1.78. The molecule has 3 heteroatoms. The summed E-state index contributed by atoms with van der Waals surface area (Å²) in [6.45, 7) is 2.93. The first-order valence-electron chi connectivity index (χ1n) is 6.15. The zero-order valence-corrected chi connectivity index (χ0v) is 11.3. The SMILES string of the molecule is C[SH]1(=O)CCN(C/C=C/c2ccccc2)CC1. The van der Waals surface area contributed by atoms with E-state index in [2.05, 4.69) is 29.2 Å². The molecule has 94 valence electrons. The second kappa shape index (κ2) is 5.61. The molecule has 1 aromatic carbocycles. The maximum absolute atomic E-state index is 11.8. The number of thiol groups is 1. The van der Waals surface area contributed by atoms with Crippen molar-refractivity contribution in [2.45, 2.75) is 0 Å². The predicted octanol–water partition coefficient (Wildman–Crippen LogP) is 1.66. The number of nitrogens with zero attached hydrogens (tertiary/aromatic N) is 1. The molecule has 1 fully saturated rings. The van der Waals surface area contributed by atoms with Crippen molar-refractivity contribution in [3.63, 3.8) is 0 Å². The summed E-state index contributed by atoms with van der Waals surface area (Å²) in [7, 11) is -1.78. The van der Waals surface area contributed by atoms with Gasteiger partial charge in [-0.25, -0.2) is 0 Å². The molecule has 1 aromatic rings. The molecule has 0 radical (unpaired) electrons. The first-order chi connectivity index (χ1) is 8.16. The Morgan fingerprint density at radius 1 is 1.24 bits per heavy atom. The summed E-state index contributed by atoms with van der Waals surface area (Å²) in [4.78, 5) is 2.37. The van der Waals surface area contributed by atoms with E-state index in [-0.39, 0.29) is 0 Å². The molecule has 0 aromatic heterocycles. The van der Waals surface area contributed by atoms with Crippen molar-refractivity contribution in [3.8, 4) is 0 Å². The summed E-state index contributed by atoms with van der Waals surface area (Å²) in [6.07, 6.45) is 6.28. The van der Waals surface area contributed by atoms with Gasteiger partial charge in [0.05, 0.1) is 0 Å². The number of rotatable bonds is 3.